The van der Waals surface area contributed by atoms with Crippen molar-refractivity contribution in [2.45, 2.75) is 13.8 Å². The maximum Gasteiger partial charge on any atom is 0.161 e. The fraction of sp³-hybridized carbons (Fsp3) is 0.100. The van der Waals surface area contributed by atoms with E-state index < -0.39 is 0 Å². The lowest BCUT2D eigenvalue weighted by Crippen LogP contribution is -1.97. The lowest BCUT2D eigenvalue weighted by Gasteiger charge is -2.10. The lowest BCUT2D eigenvalue weighted by molar-refractivity contribution is 1.11. The summed E-state index contributed by atoms with van der Waals surface area (Å²) in [5.41, 5.74) is 5.50. The van der Waals surface area contributed by atoms with Crippen LogP contribution in [0.5, 0.6) is 0 Å². The van der Waals surface area contributed by atoms with Gasteiger partial charge in [-0.15, -0.1) is 0 Å². The van der Waals surface area contributed by atoms with E-state index >= 15 is 0 Å². The fourth-order valence-corrected chi connectivity index (χ4v) is 2.91. The van der Waals surface area contributed by atoms with Crippen molar-refractivity contribution >= 4 is 22.5 Å². The summed E-state index contributed by atoms with van der Waals surface area (Å²) in [6.45, 7) is 4.19. The minimum atomic E-state index is 0.791. The second kappa shape index (κ2) is 5.81. The molecule has 24 heavy (non-hydrogen) atoms. The number of rotatable bonds is 3. The van der Waals surface area contributed by atoms with Crippen LogP contribution >= 0.6 is 0 Å². The molecule has 2 N–H and O–H groups in total. The minimum Gasteiger partial charge on any atom is -0.323 e. The van der Waals surface area contributed by atoms with E-state index in [9.17, 15) is 0 Å². The molecule has 0 spiro atoms. The summed E-state index contributed by atoms with van der Waals surface area (Å²) in [7, 11) is 0. The van der Waals surface area contributed by atoms with Gasteiger partial charge in [0.1, 0.15) is 5.82 Å². The number of benzene rings is 2. The summed E-state index contributed by atoms with van der Waals surface area (Å²) >= 11 is 0. The van der Waals surface area contributed by atoms with E-state index in [0.29, 0.717) is 0 Å². The van der Waals surface area contributed by atoms with Gasteiger partial charge in [-0.25, -0.2) is 4.98 Å². The number of H-pyrrole nitrogens is 1. The molecular formula is C20H18N4. The predicted molar refractivity (Wildman–Crippen MR) is 98.5 cm³/mol. The first-order chi connectivity index (χ1) is 11.7. The highest BCUT2D eigenvalue weighted by atomic mass is 15.2. The molecule has 0 bridgehead atoms. The Hall–Kier alpha value is -3.14. The fourth-order valence-electron chi connectivity index (χ4n) is 2.91. The Morgan fingerprint density at radius 2 is 1.71 bits per heavy atom. The maximum absolute atomic E-state index is 4.78. The van der Waals surface area contributed by atoms with Crippen LogP contribution in [0.1, 0.15) is 11.1 Å². The first-order valence-electron chi connectivity index (χ1n) is 7.95. The molecule has 2 aromatic heterocycles. The van der Waals surface area contributed by atoms with Gasteiger partial charge in [-0.1, -0.05) is 36.4 Å². The molecular weight excluding hydrogens is 296 g/mol. The monoisotopic (exact) mass is 314 g/mol. The number of hydrogen-bond acceptors (Lipinski definition) is 3. The molecule has 4 nitrogen and oxygen atoms in total. The Balaban J connectivity index is 1.75. The number of para-hydroxylation sites is 1. The summed E-state index contributed by atoms with van der Waals surface area (Å²) in [4.78, 5) is 4.78. The number of hydrogen-bond donors (Lipinski definition) is 2. The van der Waals surface area contributed by atoms with E-state index in [0.717, 1.165) is 39.4 Å². The first-order valence-corrected chi connectivity index (χ1v) is 7.95. The number of aryl methyl sites for hydroxylation is 2. The zero-order chi connectivity index (χ0) is 16.5. The Bertz CT molecular complexity index is 1020. The van der Waals surface area contributed by atoms with Gasteiger partial charge in [-0.2, -0.15) is 5.10 Å². The largest absolute Gasteiger partial charge is 0.323 e. The molecule has 4 heteroatoms. The summed E-state index contributed by atoms with van der Waals surface area (Å²) in [5.74, 6) is 1.59. The molecule has 0 saturated carbocycles. The van der Waals surface area contributed by atoms with Crippen LogP contribution < -0.4 is 5.32 Å². The third-order valence-electron chi connectivity index (χ3n) is 4.11. The number of fused-ring (bicyclic) bond motifs is 1. The van der Waals surface area contributed by atoms with Crippen LogP contribution in [-0.4, -0.2) is 15.2 Å². The molecule has 2 aromatic carbocycles. The summed E-state index contributed by atoms with van der Waals surface area (Å²) in [6, 6.07) is 20.5. The van der Waals surface area contributed by atoms with Gasteiger partial charge >= 0.3 is 0 Å². The van der Waals surface area contributed by atoms with Crippen molar-refractivity contribution in [1.29, 1.82) is 0 Å². The van der Waals surface area contributed by atoms with Gasteiger partial charge in [0, 0.05) is 10.9 Å². The van der Waals surface area contributed by atoms with Gasteiger partial charge in [-0.3, -0.25) is 5.10 Å². The van der Waals surface area contributed by atoms with E-state index in [4.69, 9.17) is 4.98 Å². The van der Waals surface area contributed by atoms with Crippen LogP contribution in [0.2, 0.25) is 0 Å². The molecule has 118 valence electrons. The molecule has 0 amide bonds. The predicted octanol–water partition coefficient (Wildman–Crippen LogP) is 4.99. The van der Waals surface area contributed by atoms with E-state index in [1.807, 2.05) is 42.5 Å². The van der Waals surface area contributed by atoms with Gasteiger partial charge in [0.15, 0.2) is 5.82 Å². The number of aromatic amines is 1. The average molecular weight is 314 g/mol. The van der Waals surface area contributed by atoms with Crippen molar-refractivity contribution in [2.24, 2.45) is 0 Å². The topological polar surface area (TPSA) is 53.6 Å². The highest BCUT2D eigenvalue weighted by Crippen LogP contribution is 2.27. The van der Waals surface area contributed by atoms with Gasteiger partial charge in [0.05, 0.1) is 11.2 Å². The van der Waals surface area contributed by atoms with Gasteiger partial charge in [0.25, 0.3) is 0 Å². The Morgan fingerprint density at radius 3 is 2.58 bits per heavy atom. The normalized spacial score (nSPS) is 10.9. The molecule has 2 heterocycles. The molecule has 0 saturated heterocycles. The highest BCUT2D eigenvalue weighted by molar-refractivity contribution is 5.91. The van der Waals surface area contributed by atoms with Crippen LogP contribution in [0.3, 0.4) is 0 Å². The number of nitrogens with zero attached hydrogens (tertiary/aromatic N) is 2. The van der Waals surface area contributed by atoms with Gasteiger partial charge in [0.2, 0.25) is 0 Å². The van der Waals surface area contributed by atoms with Crippen molar-refractivity contribution < 1.29 is 0 Å². The van der Waals surface area contributed by atoms with Gasteiger partial charge < -0.3 is 5.32 Å². The standard InChI is InChI=1S/C20H18N4/c1-13-11-18(15-8-4-3-7-14(15)2)21-19(12-13)22-20-16-9-5-6-10-17(16)23-24-20/h3-12H,1-2H3,(H2,21,22,23,24). The molecule has 0 aliphatic heterocycles. The Kier molecular flexibility index (Phi) is 3.50. The van der Waals surface area contributed by atoms with Crippen molar-refractivity contribution in [3.8, 4) is 11.3 Å². The average Bonchev–Trinajstić information content (AvgIpc) is 2.98. The molecule has 0 unspecified atom stereocenters. The van der Waals surface area contributed by atoms with E-state index in [2.05, 4.69) is 47.6 Å². The number of aromatic nitrogens is 3. The van der Waals surface area contributed by atoms with Crippen molar-refractivity contribution in [1.82, 2.24) is 15.2 Å². The van der Waals surface area contributed by atoms with E-state index in [-0.39, 0.29) is 0 Å². The summed E-state index contributed by atoms with van der Waals surface area (Å²) in [6.07, 6.45) is 0. The van der Waals surface area contributed by atoms with E-state index in [1.165, 1.54) is 5.56 Å². The van der Waals surface area contributed by atoms with Crippen molar-refractivity contribution in [2.75, 3.05) is 5.32 Å². The number of anilines is 2. The molecule has 0 radical (unpaired) electrons. The van der Waals surface area contributed by atoms with Crippen LogP contribution in [0, 0.1) is 13.8 Å². The zero-order valence-electron chi connectivity index (χ0n) is 13.7. The van der Waals surface area contributed by atoms with Crippen LogP contribution in [0.4, 0.5) is 11.6 Å². The smallest absolute Gasteiger partial charge is 0.161 e. The zero-order valence-corrected chi connectivity index (χ0v) is 13.7. The molecule has 0 atom stereocenters. The minimum absolute atomic E-state index is 0.791. The molecule has 0 aliphatic rings. The van der Waals surface area contributed by atoms with Crippen LogP contribution in [0.25, 0.3) is 22.2 Å². The van der Waals surface area contributed by atoms with Crippen LogP contribution in [0.15, 0.2) is 60.7 Å². The number of nitrogens with one attached hydrogen (secondary N) is 2. The first kappa shape index (κ1) is 14.5. The molecule has 4 aromatic rings. The van der Waals surface area contributed by atoms with Crippen molar-refractivity contribution in [3.05, 3.63) is 71.8 Å². The van der Waals surface area contributed by atoms with Gasteiger partial charge in [-0.05, 0) is 49.2 Å². The third-order valence-corrected chi connectivity index (χ3v) is 4.11. The molecule has 0 fully saturated rings. The maximum atomic E-state index is 4.78. The lowest BCUT2D eigenvalue weighted by atomic mass is 10.0. The third kappa shape index (κ3) is 2.63. The molecule has 4 rings (SSSR count). The second-order valence-corrected chi connectivity index (χ2v) is 5.97. The Morgan fingerprint density at radius 1 is 0.917 bits per heavy atom. The van der Waals surface area contributed by atoms with Crippen molar-refractivity contribution in [3.63, 3.8) is 0 Å². The quantitative estimate of drug-likeness (QED) is 0.560. The van der Waals surface area contributed by atoms with Crippen LogP contribution in [-0.2, 0) is 0 Å². The second-order valence-electron chi connectivity index (χ2n) is 5.97. The Labute approximate surface area is 140 Å². The number of pyridine rings is 1. The van der Waals surface area contributed by atoms with E-state index in [1.54, 1.807) is 0 Å². The summed E-state index contributed by atoms with van der Waals surface area (Å²) in [5, 5.41) is 11.8. The SMILES string of the molecule is Cc1cc(Nc2n[nH]c3ccccc23)nc(-c2ccccc2C)c1. The molecule has 0 aliphatic carbocycles. The highest BCUT2D eigenvalue weighted by Gasteiger charge is 2.09. The summed E-state index contributed by atoms with van der Waals surface area (Å²) < 4.78 is 0.